The molecule has 1 fully saturated rings. The van der Waals surface area contributed by atoms with Gasteiger partial charge in [0.25, 0.3) is 0 Å². The Labute approximate surface area is 116 Å². The lowest BCUT2D eigenvalue weighted by Crippen LogP contribution is -2.32. The van der Waals surface area contributed by atoms with E-state index in [1.54, 1.807) is 14.2 Å². The molecule has 0 bridgehead atoms. The van der Waals surface area contributed by atoms with Gasteiger partial charge < -0.3 is 14.8 Å². The van der Waals surface area contributed by atoms with Gasteiger partial charge in [-0.25, -0.2) is 0 Å². The molecule has 0 amide bonds. The molecule has 1 aliphatic rings. The van der Waals surface area contributed by atoms with Crippen LogP contribution in [-0.4, -0.2) is 20.3 Å². The summed E-state index contributed by atoms with van der Waals surface area (Å²) < 4.78 is 10.6. The molecule has 0 aromatic heterocycles. The first kappa shape index (κ1) is 14.2. The number of nitrogens with one attached hydrogen (secondary N) is 1. The molecule has 1 aliphatic carbocycles. The highest BCUT2D eigenvalue weighted by Crippen LogP contribution is 2.26. The molecule has 1 aromatic rings. The molecule has 0 radical (unpaired) electrons. The van der Waals surface area contributed by atoms with Gasteiger partial charge in [0.05, 0.1) is 14.2 Å². The van der Waals surface area contributed by atoms with Gasteiger partial charge in [-0.05, 0) is 37.7 Å². The van der Waals surface area contributed by atoms with Crippen LogP contribution in [0.3, 0.4) is 0 Å². The highest BCUT2D eigenvalue weighted by atomic mass is 16.5. The molecule has 0 heterocycles. The van der Waals surface area contributed by atoms with Crippen molar-refractivity contribution < 1.29 is 9.47 Å². The standard InChI is InChI=1S/C16H25NO2/c1-12-4-7-14(8-5-12)17-11-13-6-9-15(18-2)10-16(13)19-3/h6,9-10,12,14,17H,4-5,7-8,11H2,1-3H3. The second-order valence-electron chi connectivity index (χ2n) is 5.52. The van der Waals surface area contributed by atoms with Gasteiger partial charge in [-0.1, -0.05) is 13.0 Å². The van der Waals surface area contributed by atoms with Gasteiger partial charge in [0.15, 0.2) is 0 Å². The van der Waals surface area contributed by atoms with Crippen LogP contribution in [0.5, 0.6) is 11.5 Å². The molecule has 19 heavy (non-hydrogen) atoms. The summed E-state index contributed by atoms with van der Waals surface area (Å²) in [6, 6.07) is 6.67. The lowest BCUT2D eigenvalue weighted by molar-refractivity contribution is 0.305. The third kappa shape index (κ3) is 3.87. The number of rotatable bonds is 5. The van der Waals surface area contributed by atoms with Gasteiger partial charge in [0, 0.05) is 24.2 Å². The van der Waals surface area contributed by atoms with E-state index in [9.17, 15) is 0 Å². The van der Waals surface area contributed by atoms with Crippen molar-refractivity contribution in [2.24, 2.45) is 5.92 Å². The number of methoxy groups -OCH3 is 2. The summed E-state index contributed by atoms with van der Waals surface area (Å²) >= 11 is 0. The van der Waals surface area contributed by atoms with Crippen LogP contribution < -0.4 is 14.8 Å². The van der Waals surface area contributed by atoms with Gasteiger partial charge in [0.2, 0.25) is 0 Å². The van der Waals surface area contributed by atoms with E-state index in [0.29, 0.717) is 6.04 Å². The first-order chi connectivity index (χ1) is 9.22. The van der Waals surface area contributed by atoms with E-state index in [1.165, 1.54) is 31.2 Å². The Morgan fingerprint density at radius 3 is 2.47 bits per heavy atom. The summed E-state index contributed by atoms with van der Waals surface area (Å²) in [5.41, 5.74) is 1.20. The average Bonchev–Trinajstić information content (AvgIpc) is 2.46. The van der Waals surface area contributed by atoms with Crippen molar-refractivity contribution in [3.63, 3.8) is 0 Å². The van der Waals surface area contributed by atoms with E-state index < -0.39 is 0 Å². The van der Waals surface area contributed by atoms with Crippen LogP contribution >= 0.6 is 0 Å². The molecule has 0 atom stereocenters. The van der Waals surface area contributed by atoms with Gasteiger partial charge in [-0.3, -0.25) is 0 Å². The van der Waals surface area contributed by atoms with Gasteiger partial charge in [-0.2, -0.15) is 0 Å². The normalized spacial score (nSPS) is 23.1. The third-order valence-corrected chi connectivity index (χ3v) is 4.09. The van der Waals surface area contributed by atoms with E-state index in [0.717, 1.165) is 24.0 Å². The first-order valence-corrected chi connectivity index (χ1v) is 7.17. The maximum Gasteiger partial charge on any atom is 0.127 e. The van der Waals surface area contributed by atoms with Gasteiger partial charge >= 0.3 is 0 Å². The van der Waals surface area contributed by atoms with E-state index in [2.05, 4.69) is 18.3 Å². The minimum absolute atomic E-state index is 0.656. The monoisotopic (exact) mass is 263 g/mol. The fraction of sp³-hybridized carbons (Fsp3) is 0.625. The Morgan fingerprint density at radius 2 is 1.84 bits per heavy atom. The van der Waals surface area contributed by atoms with Crippen LogP contribution in [-0.2, 0) is 6.54 Å². The van der Waals surface area contributed by atoms with Gasteiger partial charge in [-0.15, -0.1) is 0 Å². The third-order valence-electron chi connectivity index (χ3n) is 4.09. The molecule has 1 saturated carbocycles. The Morgan fingerprint density at radius 1 is 1.11 bits per heavy atom. The highest BCUT2D eigenvalue weighted by molar-refractivity contribution is 5.40. The van der Waals surface area contributed by atoms with Crippen molar-refractivity contribution >= 4 is 0 Å². The second-order valence-corrected chi connectivity index (χ2v) is 5.52. The molecule has 0 saturated heterocycles. The largest absolute Gasteiger partial charge is 0.497 e. The highest BCUT2D eigenvalue weighted by Gasteiger charge is 2.18. The van der Waals surface area contributed by atoms with E-state index >= 15 is 0 Å². The zero-order valence-corrected chi connectivity index (χ0v) is 12.2. The summed E-state index contributed by atoms with van der Waals surface area (Å²) in [5.74, 6) is 2.64. The fourth-order valence-corrected chi connectivity index (χ4v) is 2.72. The summed E-state index contributed by atoms with van der Waals surface area (Å²) in [6.45, 7) is 3.22. The predicted molar refractivity (Wildman–Crippen MR) is 77.8 cm³/mol. The van der Waals surface area contributed by atoms with E-state index in [4.69, 9.17) is 9.47 Å². The summed E-state index contributed by atoms with van der Waals surface area (Å²) in [5, 5.41) is 3.65. The predicted octanol–water partition coefficient (Wildman–Crippen LogP) is 3.37. The lowest BCUT2D eigenvalue weighted by Gasteiger charge is -2.27. The molecular weight excluding hydrogens is 238 g/mol. The average molecular weight is 263 g/mol. The molecular formula is C16H25NO2. The quantitative estimate of drug-likeness (QED) is 0.883. The van der Waals surface area contributed by atoms with Crippen molar-refractivity contribution in [2.75, 3.05) is 14.2 Å². The second kappa shape index (κ2) is 6.80. The smallest absolute Gasteiger partial charge is 0.127 e. The maximum atomic E-state index is 5.42. The molecule has 3 nitrogen and oxygen atoms in total. The molecule has 3 heteroatoms. The van der Waals surface area contributed by atoms with Crippen LogP contribution in [0.2, 0.25) is 0 Å². The Hall–Kier alpha value is -1.22. The number of benzene rings is 1. The van der Waals surface area contributed by atoms with Crippen molar-refractivity contribution in [1.82, 2.24) is 5.32 Å². The molecule has 0 unspecified atom stereocenters. The van der Waals surface area contributed by atoms with Crippen LogP contribution in [0.4, 0.5) is 0 Å². The summed E-state index contributed by atoms with van der Waals surface area (Å²) in [6.07, 6.45) is 5.27. The molecule has 2 rings (SSSR count). The van der Waals surface area contributed by atoms with Crippen molar-refractivity contribution in [2.45, 2.75) is 45.2 Å². The maximum absolute atomic E-state index is 5.42. The van der Waals surface area contributed by atoms with E-state index in [-0.39, 0.29) is 0 Å². The number of hydrogen-bond acceptors (Lipinski definition) is 3. The lowest BCUT2D eigenvalue weighted by atomic mass is 9.87. The zero-order valence-electron chi connectivity index (χ0n) is 12.2. The minimum atomic E-state index is 0.656. The Kier molecular flexibility index (Phi) is 5.08. The summed E-state index contributed by atoms with van der Waals surface area (Å²) in [7, 11) is 3.39. The molecule has 0 aliphatic heterocycles. The SMILES string of the molecule is COc1ccc(CNC2CCC(C)CC2)c(OC)c1. The van der Waals surface area contributed by atoms with Crippen LogP contribution in [0.25, 0.3) is 0 Å². The fourth-order valence-electron chi connectivity index (χ4n) is 2.72. The van der Waals surface area contributed by atoms with Gasteiger partial charge in [0.1, 0.15) is 11.5 Å². The van der Waals surface area contributed by atoms with Crippen molar-refractivity contribution in [3.8, 4) is 11.5 Å². The minimum Gasteiger partial charge on any atom is -0.497 e. The van der Waals surface area contributed by atoms with Crippen molar-refractivity contribution in [1.29, 1.82) is 0 Å². The summed E-state index contributed by atoms with van der Waals surface area (Å²) in [4.78, 5) is 0. The number of hydrogen-bond donors (Lipinski definition) is 1. The molecule has 1 N–H and O–H groups in total. The first-order valence-electron chi connectivity index (χ1n) is 7.17. The molecule has 1 aromatic carbocycles. The van der Waals surface area contributed by atoms with Crippen LogP contribution in [0.15, 0.2) is 18.2 Å². The topological polar surface area (TPSA) is 30.5 Å². The molecule has 106 valence electrons. The zero-order chi connectivity index (χ0) is 13.7. The Bertz CT molecular complexity index is 398. The Balaban J connectivity index is 1.91. The molecule has 0 spiro atoms. The van der Waals surface area contributed by atoms with E-state index in [1.807, 2.05) is 12.1 Å². The van der Waals surface area contributed by atoms with Crippen LogP contribution in [0.1, 0.15) is 38.2 Å². The van der Waals surface area contributed by atoms with Crippen molar-refractivity contribution in [3.05, 3.63) is 23.8 Å². The number of ether oxygens (including phenoxy) is 2. The van der Waals surface area contributed by atoms with Crippen LogP contribution in [0, 0.1) is 5.92 Å².